The Labute approximate surface area is 207 Å². The molecule has 7 heteroatoms. The van der Waals surface area contributed by atoms with Crippen LogP contribution in [0.4, 0.5) is 0 Å². The highest BCUT2D eigenvalue weighted by atomic mass is 16.5. The van der Waals surface area contributed by atoms with Crippen LogP contribution in [0.3, 0.4) is 0 Å². The van der Waals surface area contributed by atoms with Crippen LogP contribution in [0.15, 0.2) is 79.1 Å². The molecule has 2 aromatic carbocycles. The van der Waals surface area contributed by atoms with Gasteiger partial charge in [0.05, 0.1) is 12.6 Å². The lowest BCUT2D eigenvalue weighted by Gasteiger charge is -2.39. The first-order valence-corrected chi connectivity index (χ1v) is 12.7. The van der Waals surface area contributed by atoms with Crippen molar-refractivity contribution < 1.29 is 4.74 Å². The number of rotatable bonds is 11. The smallest absolute Gasteiger partial charge is 0.231 e. The summed E-state index contributed by atoms with van der Waals surface area (Å²) in [7, 11) is 0. The van der Waals surface area contributed by atoms with E-state index in [1.807, 2.05) is 12.1 Å². The van der Waals surface area contributed by atoms with E-state index in [9.17, 15) is 0 Å². The van der Waals surface area contributed by atoms with E-state index in [0.29, 0.717) is 18.5 Å². The third kappa shape index (κ3) is 6.24. The van der Waals surface area contributed by atoms with Crippen molar-refractivity contribution in [1.82, 2.24) is 29.6 Å². The van der Waals surface area contributed by atoms with Crippen LogP contribution in [-0.4, -0.2) is 68.9 Å². The Morgan fingerprint density at radius 1 is 0.743 bits per heavy atom. The highest BCUT2D eigenvalue weighted by Gasteiger charge is 2.26. The fourth-order valence-electron chi connectivity index (χ4n) is 4.89. The van der Waals surface area contributed by atoms with Gasteiger partial charge in [-0.05, 0) is 36.6 Å². The van der Waals surface area contributed by atoms with Crippen molar-refractivity contribution in [2.45, 2.75) is 31.7 Å². The lowest BCUT2D eigenvalue weighted by molar-refractivity contribution is 0.108. The third-order valence-electron chi connectivity index (χ3n) is 6.76. The number of piperazine rings is 1. The van der Waals surface area contributed by atoms with Crippen molar-refractivity contribution >= 4 is 5.65 Å². The van der Waals surface area contributed by atoms with Crippen LogP contribution >= 0.6 is 0 Å². The summed E-state index contributed by atoms with van der Waals surface area (Å²) in [6, 6.07) is 25.9. The second-order valence-electron chi connectivity index (χ2n) is 9.17. The fraction of sp³-hybridized carbons (Fsp3) is 0.393. The molecule has 0 spiro atoms. The Bertz CT molecular complexity index is 1120. The van der Waals surface area contributed by atoms with Gasteiger partial charge in [0, 0.05) is 32.2 Å². The predicted octanol–water partition coefficient (Wildman–Crippen LogP) is 4.47. The van der Waals surface area contributed by atoms with Gasteiger partial charge in [0.15, 0.2) is 5.65 Å². The highest BCUT2D eigenvalue weighted by molar-refractivity contribution is 5.35. The number of hydrogen-bond donors (Lipinski definition) is 0. The zero-order chi connectivity index (χ0) is 23.7. The second-order valence-corrected chi connectivity index (χ2v) is 9.17. The lowest BCUT2D eigenvalue weighted by Crippen LogP contribution is -2.48. The molecular weight excluding hydrogens is 436 g/mol. The SMILES string of the molecule is c1ccc(C(c2ccccc2)N2CCN(CCCCCCOc3ccc4nncn4n3)CC2)cc1. The molecule has 2 aromatic heterocycles. The van der Waals surface area contributed by atoms with Crippen molar-refractivity contribution in [3.05, 3.63) is 90.3 Å². The summed E-state index contributed by atoms with van der Waals surface area (Å²) in [5.41, 5.74) is 3.49. The summed E-state index contributed by atoms with van der Waals surface area (Å²) in [5, 5.41) is 12.1. The van der Waals surface area contributed by atoms with Crippen LogP contribution in [0.25, 0.3) is 5.65 Å². The molecule has 1 aliphatic rings. The van der Waals surface area contributed by atoms with Gasteiger partial charge in [-0.1, -0.05) is 73.5 Å². The molecule has 1 aliphatic heterocycles. The van der Waals surface area contributed by atoms with Gasteiger partial charge in [0.25, 0.3) is 0 Å². The Balaban J connectivity index is 1.01. The monoisotopic (exact) mass is 470 g/mol. The van der Waals surface area contributed by atoms with Crippen LogP contribution in [0, 0.1) is 0 Å². The van der Waals surface area contributed by atoms with Crippen molar-refractivity contribution in [1.29, 1.82) is 0 Å². The molecule has 5 rings (SSSR count). The molecule has 0 unspecified atom stereocenters. The molecule has 0 amide bonds. The number of hydrogen-bond acceptors (Lipinski definition) is 6. The number of fused-ring (bicyclic) bond motifs is 1. The standard InChI is InChI=1S/C28H34N6O/c1(2-10-22-35-27-16-15-26-30-29-23-34(26)31-27)9-17-32-18-20-33(21-19-32)28(24-11-5-3-6-12-24)25-13-7-4-8-14-25/h3-8,11-16,23,28H,1-2,9-10,17-22H2. The minimum Gasteiger partial charge on any atom is -0.477 e. The summed E-state index contributed by atoms with van der Waals surface area (Å²) < 4.78 is 7.42. The summed E-state index contributed by atoms with van der Waals surface area (Å²) in [6.07, 6.45) is 6.29. The van der Waals surface area contributed by atoms with Crippen molar-refractivity contribution in [2.75, 3.05) is 39.3 Å². The molecule has 1 saturated heterocycles. The predicted molar refractivity (Wildman–Crippen MR) is 137 cm³/mol. The molecule has 0 N–H and O–H groups in total. The minimum atomic E-state index is 0.333. The molecule has 0 saturated carbocycles. The maximum Gasteiger partial charge on any atom is 0.231 e. The highest BCUT2D eigenvalue weighted by Crippen LogP contribution is 2.29. The molecule has 182 valence electrons. The Kier molecular flexibility index (Phi) is 7.98. The summed E-state index contributed by atoms with van der Waals surface area (Å²) in [4.78, 5) is 5.27. The topological polar surface area (TPSA) is 58.8 Å². The van der Waals surface area contributed by atoms with Crippen molar-refractivity contribution in [3.63, 3.8) is 0 Å². The molecule has 4 aromatic rings. The number of ether oxygens (including phenoxy) is 1. The first-order valence-electron chi connectivity index (χ1n) is 12.7. The van der Waals surface area contributed by atoms with Gasteiger partial charge in [-0.25, -0.2) is 0 Å². The van der Waals surface area contributed by atoms with Crippen LogP contribution in [0.2, 0.25) is 0 Å². The van der Waals surface area contributed by atoms with Gasteiger partial charge >= 0.3 is 0 Å². The van der Waals surface area contributed by atoms with E-state index in [1.54, 1.807) is 10.8 Å². The zero-order valence-corrected chi connectivity index (χ0v) is 20.2. The quantitative estimate of drug-likeness (QED) is 0.302. The largest absolute Gasteiger partial charge is 0.477 e. The Morgan fingerprint density at radius 2 is 1.43 bits per heavy atom. The molecule has 0 aliphatic carbocycles. The number of benzene rings is 2. The average Bonchev–Trinajstić information content (AvgIpc) is 3.38. The van der Waals surface area contributed by atoms with Gasteiger partial charge in [-0.2, -0.15) is 4.52 Å². The van der Waals surface area contributed by atoms with Crippen molar-refractivity contribution in [2.24, 2.45) is 0 Å². The lowest BCUT2D eigenvalue weighted by atomic mass is 9.96. The average molecular weight is 471 g/mol. The first kappa shape index (κ1) is 23.5. The van der Waals surface area contributed by atoms with Crippen LogP contribution in [-0.2, 0) is 0 Å². The van der Waals surface area contributed by atoms with E-state index < -0.39 is 0 Å². The van der Waals surface area contributed by atoms with E-state index in [2.05, 4.69) is 85.8 Å². The van der Waals surface area contributed by atoms with E-state index in [0.717, 1.165) is 38.2 Å². The molecule has 1 fully saturated rings. The van der Waals surface area contributed by atoms with E-state index in [4.69, 9.17) is 4.74 Å². The summed E-state index contributed by atoms with van der Waals surface area (Å²) in [6.45, 7) is 6.35. The maximum atomic E-state index is 5.78. The van der Waals surface area contributed by atoms with Gasteiger partial charge in [0.2, 0.25) is 5.88 Å². The number of aromatic nitrogens is 4. The van der Waals surface area contributed by atoms with Crippen LogP contribution in [0.1, 0.15) is 42.9 Å². The Morgan fingerprint density at radius 3 is 2.14 bits per heavy atom. The van der Waals surface area contributed by atoms with Gasteiger partial charge < -0.3 is 9.64 Å². The van der Waals surface area contributed by atoms with E-state index in [-0.39, 0.29) is 0 Å². The van der Waals surface area contributed by atoms with E-state index in [1.165, 1.54) is 36.9 Å². The second kappa shape index (κ2) is 11.9. The van der Waals surface area contributed by atoms with Crippen LogP contribution in [0.5, 0.6) is 5.88 Å². The molecule has 0 radical (unpaired) electrons. The molecule has 3 heterocycles. The molecule has 35 heavy (non-hydrogen) atoms. The minimum absolute atomic E-state index is 0.333. The zero-order valence-electron chi connectivity index (χ0n) is 20.2. The van der Waals surface area contributed by atoms with Gasteiger partial charge in [-0.3, -0.25) is 4.90 Å². The summed E-state index contributed by atoms with van der Waals surface area (Å²) in [5.74, 6) is 0.625. The molecule has 7 nitrogen and oxygen atoms in total. The maximum absolute atomic E-state index is 5.78. The van der Waals surface area contributed by atoms with Crippen LogP contribution < -0.4 is 4.74 Å². The van der Waals surface area contributed by atoms with E-state index >= 15 is 0 Å². The number of unbranched alkanes of at least 4 members (excludes halogenated alkanes) is 3. The van der Waals surface area contributed by atoms with Gasteiger partial charge in [0.1, 0.15) is 6.33 Å². The fourth-order valence-corrected chi connectivity index (χ4v) is 4.89. The molecule has 0 bridgehead atoms. The van der Waals surface area contributed by atoms with Crippen molar-refractivity contribution in [3.8, 4) is 5.88 Å². The molecule has 0 atom stereocenters. The third-order valence-corrected chi connectivity index (χ3v) is 6.76. The molecular formula is C28H34N6O. The Hall–Kier alpha value is -3.29. The first-order chi connectivity index (χ1) is 17.4. The van der Waals surface area contributed by atoms with Gasteiger partial charge in [-0.15, -0.1) is 15.3 Å². The normalized spacial score (nSPS) is 15.1. The number of nitrogens with zero attached hydrogens (tertiary/aromatic N) is 6. The summed E-state index contributed by atoms with van der Waals surface area (Å²) >= 11 is 0.